The van der Waals surface area contributed by atoms with E-state index >= 15 is 0 Å². The quantitative estimate of drug-likeness (QED) is 0.262. The fourth-order valence-corrected chi connectivity index (χ4v) is 5.23. The van der Waals surface area contributed by atoms with Crippen LogP contribution >= 0.6 is 21.6 Å². The number of aromatic nitrogens is 5. The lowest BCUT2D eigenvalue weighted by Crippen LogP contribution is -2.38. The van der Waals surface area contributed by atoms with Crippen LogP contribution in [0.5, 0.6) is 11.5 Å². The molecule has 0 aliphatic carbocycles. The van der Waals surface area contributed by atoms with Crippen molar-refractivity contribution in [1.82, 2.24) is 19.9 Å². The van der Waals surface area contributed by atoms with Gasteiger partial charge < -0.3 is 9.47 Å². The second kappa shape index (κ2) is 8.93. The molecule has 0 amide bonds. The molecule has 0 saturated heterocycles. The molecule has 4 aromatic rings. The molecule has 9 heteroatoms. The first-order valence-electron chi connectivity index (χ1n) is 9.30. The van der Waals surface area contributed by atoms with Crippen molar-refractivity contribution in [2.45, 2.75) is 24.8 Å². The van der Waals surface area contributed by atoms with Gasteiger partial charge in [0.05, 0.1) is 26.2 Å². The van der Waals surface area contributed by atoms with E-state index in [1.54, 1.807) is 48.2 Å². The number of ether oxygens (including phenoxy) is 2. The third kappa shape index (κ3) is 4.08. The Hall–Kier alpha value is -2.78. The number of imidazole rings is 1. The van der Waals surface area contributed by atoms with Crippen molar-refractivity contribution < 1.29 is 14.0 Å². The molecule has 4 rings (SSSR count). The predicted octanol–water partition coefficient (Wildman–Crippen LogP) is 4.20. The molecule has 7 nitrogen and oxygen atoms in total. The molecule has 0 aliphatic rings. The number of hydrogen-bond acceptors (Lipinski definition) is 7. The highest BCUT2D eigenvalue weighted by Crippen LogP contribution is 2.33. The second-order valence-electron chi connectivity index (χ2n) is 6.61. The van der Waals surface area contributed by atoms with Crippen LogP contribution in [0.2, 0.25) is 0 Å². The number of pyridine rings is 1. The van der Waals surface area contributed by atoms with E-state index in [2.05, 4.69) is 32.6 Å². The van der Waals surface area contributed by atoms with Gasteiger partial charge in [0.2, 0.25) is 0 Å². The molecule has 0 atom stereocenters. The lowest BCUT2D eigenvalue weighted by atomic mass is 10.1. The summed E-state index contributed by atoms with van der Waals surface area (Å²) in [7, 11) is 6.59. The molecule has 0 unspecified atom stereocenters. The number of aryl methyl sites for hydroxylation is 1. The van der Waals surface area contributed by atoms with E-state index in [0.29, 0.717) is 0 Å². The lowest BCUT2D eigenvalue weighted by Gasteiger charge is -2.14. The first-order chi connectivity index (χ1) is 14.6. The van der Waals surface area contributed by atoms with Crippen molar-refractivity contribution in [1.29, 1.82) is 0 Å². The fraction of sp³-hybridized carbons (Fsp3) is 0.238. The molecule has 0 spiro atoms. The highest BCUT2D eigenvalue weighted by atomic mass is 33.1. The summed E-state index contributed by atoms with van der Waals surface area (Å²) < 4.78 is 13.1. The smallest absolute Gasteiger partial charge is 0.402 e. The van der Waals surface area contributed by atoms with E-state index in [1.165, 1.54) is 0 Å². The summed E-state index contributed by atoms with van der Waals surface area (Å²) in [5.74, 6) is 3.16. The number of H-pyrrole nitrogens is 1. The minimum Gasteiger partial charge on any atom is -0.497 e. The molecule has 0 aliphatic heterocycles. The minimum atomic E-state index is 0.728. The molecule has 1 aromatic carbocycles. The zero-order chi connectivity index (χ0) is 21.1. The van der Waals surface area contributed by atoms with Gasteiger partial charge in [-0.1, -0.05) is 15.8 Å². The predicted molar refractivity (Wildman–Crippen MR) is 119 cm³/mol. The number of benzene rings is 1. The minimum absolute atomic E-state index is 0.728. The van der Waals surface area contributed by atoms with Gasteiger partial charge in [0, 0.05) is 29.6 Å². The van der Waals surface area contributed by atoms with E-state index < -0.39 is 0 Å². The second-order valence-corrected chi connectivity index (χ2v) is 8.87. The number of fused-ring (bicyclic) bond motifs is 1. The van der Waals surface area contributed by atoms with Gasteiger partial charge >= 0.3 is 5.95 Å². The topological polar surface area (TPSA) is 76.8 Å². The molecule has 0 fully saturated rings. The maximum Gasteiger partial charge on any atom is 0.402 e. The average Bonchev–Trinajstić information content (AvgIpc) is 3.19. The Morgan fingerprint density at radius 3 is 2.63 bits per heavy atom. The molecular weight excluding hydrogens is 418 g/mol. The Morgan fingerprint density at radius 1 is 1.10 bits per heavy atom. The van der Waals surface area contributed by atoms with Gasteiger partial charge in [-0.05, 0) is 42.8 Å². The van der Waals surface area contributed by atoms with Crippen LogP contribution in [-0.4, -0.2) is 34.2 Å². The Labute approximate surface area is 182 Å². The Kier molecular flexibility index (Phi) is 6.10. The number of aromatic amines is 1. The normalized spacial score (nSPS) is 11.1. The number of rotatable bonds is 7. The van der Waals surface area contributed by atoms with E-state index in [4.69, 9.17) is 14.5 Å². The Balaban J connectivity index is 1.72. The van der Waals surface area contributed by atoms with Gasteiger partial charge in [0.15, 0.2) is 10.7 Å². The van der Waals surface area contributed by atoms with Gasteiger partial charge in [0.1, 0.15) is 22.7 Å². The summed E-state index contributed by atoms with van der Waals surface area (Å²) in [6.07, 6.45) is 5.55. The molecule has 0 saturated carbocycles. The van der Waals surface area contributed by atoms with Gasteiger partial charge in [-0.15, -0.1) is 0 Å². The van der Waals surface area contributed by atoms with Crippen molar-refractivity contribution in [2.75, 3.05) is 14.2 Å². The largest absolute Gasteiger partial charge is 0.497 e. The van der Waals surface area contributed by atoms with Crippen LogP contribution in [0.15, 0.2) is 48.0 Å². The van der Waals surface area contributed by atoms with Crippen LogP contribution in [0.25, 0.3) is 17.0 Å². The fourth-order valence-electron chi connectivity index (χ4n) is 3.30. The number of nitrogens with zero attached hydrogens (tertiary/aromatic N) is 4. The average molecular weight is 441 g/mol. The molecule has 30 heavy (non-hydrogen) atoms. The molecule has 0 bridgehead atoms. The molecular formula is C21H22N5O2S2+. The van der Waals surface area contributed by atoms with Gasteiger partial charge in [-0.25, -0.2) is 19.5 Å². The Morgan fingerprint density at radius 2 is 1.90 bits per heavy atom. The monoisotopic (exact) mass is 440 g/mol. The van der Waals surface area contributed by atoms with Crippen LogP contribution in [0.1, 0.15) is 16.8 Å². The van der Waals surface area contributed by atoms with Crippen molar-refractivity contribution in [3.8, 4) is 17.4 Å². The summed E-state index contributed by atoms with van der Waals surface area (Å²) in [6.45, 7) is 4.12. The zero-order valence-electron chi connectivity index (χ0n) is 17.2. The summed E-state index contributed by atoms with van der Waals surface area (Å²) in [4.78, 5) is 16.8. The van der Waals surface area contributed by atoms with E-state index in [9.17, 15) is 0 Å². The third-order valence-electron chi connectivity index (χ3n) is 4.73. The van der Waals surface area contributed by atoms with Crippen molar-refractivity contribution in [2.24, 2.45) is 0 Å². The maximum atomic E-state index is 5.66. The van der Waals surface area contributed by atoms with E-state index in [-0.39, 0.29) is 0 Å². The molecule has 3 aromatic heterocycles. The zero-order valence-corrected chi connectivity index (χ0v) is 18.8. The summed E-state index contributed by atoms with van der Waals surface area (Å²) in [5, 5.41) is 0.738. The van der Waals surface area contributed by atoms with Crippen LogP contribution in [0.3, 0.4) is 0 Å². The number of hydrogen-bond donors (Lipinski definition) is 1. The summed E-state index contributed by atoms with van der Waals surface area (Å²) in [5.41, 5.74) is 5.03. The SMILES string of the molecule is COc1ccc2nc(-[n+]3cc(C)c(OC)c(C)c3CSSc3ncccn3)[nH]c2c1. The first-order valence-corrected chi connectivity index (χ1v) is 11.6. The van der Waals surface area contributed by atoms with E-state index in [0.717, 1.165) is 56.2 Å². The molecule has 0 radical (unpaired) electrons. The van der Waals surface area contributed by atoms with Gasteiger partial charge in [-0.2, -0.15) is 0 Å². The van der Waals surface area contributed by atoms with Crippen LogP contribution < -0.4 is 14.0 Å². The lowest BCUT2D eigenvalue weighted by molar-refractivity contribution is -0.611. The van der Waals surface area contributed by atoms with Crippen molar-refractivity contribution in [3.63, 3.8) is 0 Å². The number of methoxy groups -OCH3 is 2. The number of nitrogens with one attached hydrogen (secondary N) is 1. The molecule has 1 N–H and O–H groups in total. The van der Waals surface area contributed by atoms with Crippen LogP contribution in [0, 0.1) is 13.8 Å². The van der Waals surface area contributed by atoms with E-state index in [1.807, 2.05) is 31.2 Å². The maximum absolute atomic E-state index is 5.66. The molecule has 3 heterocycles. The van der Waals surface area contributed by atoms with Gasteiger partial charge in [-0.3, -0.25) is 0 Å². The standard InChI is InChI=1S/C21H22N5O2S2/c1-13-11-26(20-24-16-7-6-15(27-3)10-17(16)25-20)18(14(2)19(13)28-4)12-29-30-21-22-8-5-9-23-21/h5-11H,12H2,1-4H3,(H,24,25)/q+1. The van der Waals surface area contributed by atoms with Crippen molar-refractivity contribution >= 4 is 32.6 Å². The van der Waals surface area contributed by atoms with Crippen LogP contribution in [-0.2, 0) is 5.75 Å². The third-order valence-corrected chi connectivity index (χ3v) is 6.75. The van der Waals surface area contributed by atoms with Crippen LogP contribution in [0.4, 0.5) is 0 Å². The highest BCUT2D eigenvalue weighted by Gasteiger charge is 2.23. The van der Waals surface area contributed by atoms with Gasteiger partial charge in [0.25, 0.3) is 0 Å². The summed E-state index contributed by atoms with van der Waals surface area (Å²) in [6, 6.07) is 7.63. The molecule has 154 valence electrons. The first kappa shape index (κ1) is 20.5. The Bertz CT molecular complexity index is 1180. The van der Waals surface area contributed by atoms with Crippen molar-refractivity contribution in [3.05, 3.63) is 59.7 Å². The highest BCUT2D eigenvalue weighted by molar-refractivity contribution is 8.76. The summed E-state index contributed by atoms with van der Waals surface area (Å²) >= 11 is 0.